The van der Waals surface area contributed by atoms with Gasteiger partial charge in [0.05, 0.1) is 18.1 Å². The number of anilines is 2. The number of rotatable bonds is 4. The molecule has 0 aliphatic carbocycles. The van der Waals surface area contributed by atoms with E-state index in [-0.39, 0.29) is 0 Å². The molecule has 1 N–H and O–H groups in total. The van der Waals surface area contributed by atoms with Gasteiger partial charge in [-0.2, -0.15) is 0 Å². The summed E-state index contributed by atoms with van der Waals surface area (Å²) < 4.78 is 0. The van der Waals surface area contributed by atoms with Crippen molar-refractivity contribution in [2.45, 2.75) is 0 Å². The average Bonchev–Trinajstić information content (AvgIpc) is 3.18. The first-order valence-electron chi connectivity index (χ1n) is 7.39. The first-order valence-corrected chi connectivity index (χ1v) is 8.27. The van der Waals surface area contributed by atoms with Crippen LogP contribution in [-0.2, 0) is 0 Å². The predicted octanol–water partition coefficient (Wildman–Crippen LogP) is 4.41. The summed E-state index contributed by atoms with van der Waals surface area (Å²) >= 11 is 1.70. The number of aromatic nitrogens is 4. The zero-order chi connectivity index (χ0) is 16.2. The minimum atomic E-state index is 0.634. The highest BCUT2D eigenvalue weighted by Crippen LogP contribution is 2.25. The first-order chi connectivity index (χ1) is 11.9. The summed E-state index contributed by atoms with van der Waals surface area (Å²) in [4.78, 5) is 18.7. The molecule has 4 rings (SSSR count). The van der Waals surface area contributed by atoms with E-state index in [2.05, 4.69) is 36.7 Å². The Morgan fingerprint density at radius 2 is 1.79 bits per heavy atom. The maximum Gasteiger partial charge on any atom is 0.150 e. The molecule has 0 atom stereocenters. The minimum Gasteiger partial charge on any atom is -0.324 e. The van der Waals surface area contributed by atoms with Gasteiger partial charge in [0.1, 0.15) is 11.5 Å². The molecule has 0 unspecified atom stereocenters. The van der Waals surface area contributed by atoms with Gasteiger partial charge in [0.15, 0.2) is 5.82 Å². The summed E-state index contributed by atoms with van der Waals surface area (Å²) in [6.45, 7) is 0. The van der Waals surface area contributed by atoms with E-state index < -0.39 is 0 Å². The fourth-order valence-corrected chi connectivity index (χ4v) is 2.97. The highest BCUT2D eigenvalue weighted by molar-refractivity contribution is 7.13. The first kappa shape index (κ1) is 14.5. The number of nitrogens with one attached hydrogen (secondary N) is 1. The van der Waals surface area contributed by atoms with E-state index in [9.17, 15) is 0 Å². The van der Waals surface area contributed by atoms with Crippen LogP contribution in [0.1, 0.15) is 0 Å². The number of thiophene rings is 1. The normalized spacial score (nSPS) is 10.5. The SMILES string of the molecule is c1ccc(-c2cncc(Nc3ccc(-c4cccs4)cn3)n2)nc1. The summed E-state index contributed by atoms with van der Waals surface area (Å²) in [7, 11) is 0. The average molecular weight is 331 g/mol. The number of hydrogen-bond donors (Lipinski definition) is 1. The molecule has 0 bridgehead atoms. The molecule has 0 aliphatic heterocycles. The maximum atomic E-state index is 4.54. The summed E-state index contributed by atoms with van der Waals surface area (Å²) in [6, 6.07) is 13.8. The van der Waals surface area contributed by atoms with E-state index in [1.807, 2.05) is 42.6 Å². The van der Waals surface area contributed by atoms with Crippen molar-refractivity contribution in [1.29, 1.82) is 0 Å². The van der Waals surface area contributed by atoms with Crippen LogP contribution in [0.25, 0.3) is 21.8 Å². The van der Waals surface area contributed by atoms with E-state index in [4.69, 9.17) is 0 Å². The molecular formula is C18H13N5S. The quantitative estimate of drug-likeness (QED) is 0.600. The summed E-state index contributed by atoms with van der Waals surface area (Å²) in [5.74, 6) is 1.36. The Balaban J connectivity index is 1.55. The van der Waals surface area contributed by atoms with Crippen LogP contribution in [0.4, 0.5) is 11.6 Å². The van der Waals surface area contributed by atoms with Gasteiger partial charge in [0.2, 0.25) is 0 Å². The van der Waals surface area contributed by atoms with Crippen LogP contribution >= 0.6 is 11.3 Å². The maximum absolute atomic E-state index is 4.54. The molecule has 116 valence electrons. The molecule has 0 spiro atoms. The van der Waals surface area contributed by atoms with Crippen molar-refractivity contribution in [2.75, 3.05) is 5.32 Å². The zero-order valence-corrected chi connectivity index (χ0v) is 13.4. The molecule has 4 aromatic heterocycles. The zero-order valence-electron chi connectivity index (χ0n) is 12.6. The van der Waals surface area contributed by atoms with Gasteiger partial charge in [0.25, 0.3) is 0 Å². The lowest BCUT2D eigenvalue weighted by Crippen LogP contribution is -1.98. The van der Waals surface area contributed by atoms with Crippen molar-refractivity contribution < 1.29 is 0 Å². The van der Waals surface area contributed by atoms with Crippen molar-refractivity contribution in [3.63, 3.8) is 0 Å². The van der Waals surface area contributed by atoms with E-state index in [1.165, 1.54) is 4.88 Å². The highest BCUT2D eigenvalue weighted by Gasteiger charge is 2.04. The van der Waals surface area contributed by atoms with Gasteiger partial charge in [0, 0.05) is 22.8 Å². The van der Waals surface area contributed by atoms with Crippen LogP contribution in [0, 0.1) is 0 Å². The van der Waals surface area contributed by atoms with Crippen LogP contribution in [0.5, 0.6) is 0 Å². The van der Waals surface area contributed by atoms with Crippen LogP contribution < -0.4 is 5.32 Å². The molecule has 0 aliphatic rings. The lowest BCUT2D eigenvalue weighted by molar-refractivity contribution is 1.16. The third kappa shape index (κ3) is 3.13. The van der Waals surface area contributed by atoms with E-state index in [0.29, 0.717) is 5.82 Å². The van der Waals surface area contributed by atoms with Gasteiger partial charge in [-0.1, -0.05) is 12.1 Å². The molecule has 4 aromatic rings. The Bertz CT molecular complexity index is 921. The number of nitrogens with zero attached hydrogens (tertiary/aromatic N) is 4. The van der Waals surface area contributed by atoms with Crippen LogP contribution in [0.15, 0.2) is 72.6 Å². The largest absolute Gasteiger partial charge is 0.324 e. The summed E-state index contributed by atoms with van der Waals surface area (Å²) in [6.07, 6.45) is 6.95. The Morgan fingerprint density at radius 1 is 0.792 bits per heavy atom. The lowest BCUT2D eigenvalue weighted by Gasteiger charge is -2.06. The Labute approximate surface area is 143 Å². The van der Waals surface area contributed by atoms with E-state index in [1.54, 1.807) is 29.9 Å². The second kappa shape index (κ2) is 6.55. The van der Waals surface area contributed by atoms with Gasteiger partial charge >= 0.3 is 0 Å². The third-order valence-corrected chi connectivity index (χ3v) is 4.31. The van der Waals surface area contributed by atoms with E-state index >= 15 is 0 Å². The molecule has 24 heavy (non-hydrogen) atoms. The smallest absolute Gasteiger partial charge is 0.150 e. The summed E-state index contributed by atoms with van der Waals surface area (Å²) in [5, 5.41) is 5.23. The second-order valence-electron chi connectivity index (χ2n) is 5.04. The van der Waals surface area contributed by atoms with Crippen LogP contribution in [-0.4, -0.2) is 19.9 Å². The van der Waals surface area contributed by atoms with Crippen LogP contribution in [0.2, 0.25) is 0 Å². The molecule has 0 saturated carbocycles. The molecule has 4 heterocycles. The lowest BCUT2D eigenvalue weighted by atomic mass is 10.2. The Kier molecular flexibility index (Phi) is 3.95. The number of pyridine rings is 2. The minimum absolute atomic E-state index is 0.634. The van der Waals surface area contributed by atoms with Gasteiger partial charge in [-0.25, -0.2) is 9.97 Å². The van der Waals surface area contributed by atoms with Crippen molar-refractivity contribution in [3.8, 4) is 21.8 Å². The predicted molar refractivity (Wildman–Crippen MR) is 96.1 cm³/mol. The molecule has 0 amide bonds. The molecule has 5 nitrogen and oxygen atoms in total. The van der Waals surface area contributed by atoms with Gasteiger partial charge in [-0.05, 0) is 35.7 Å². The van der Waals surface area contributed by atoms with Crippen molar-refractivity contribution in [3.05, 3.63) is 72.6 Å². The monoisotopic (exact) mass is 331 g/mol. The van der Waals surface area contributed by atoms with Crippen LogP contribution in [0.3, 0.4) is 0 Å². The topological polar surface area (TPSA) is 63.6 Å². The van der Waals surface area contributed by atoms with Crippen molar-refractivity contribution in [2.24, 2.45) is 0 Å². The molecule has 0 fully saturated rings. The molecule has 0 saturated heterocycles. The molecule has 6 heteroatoms. The summed E-state index contributed by atoms with van der Waals surface area (Å²) in [5.41, 5.74) is 2.61. The fourth-order valence-electron chi connectivity index (χ4n) is 2.25. The number of hydrogen-bond acceptors (Lipinski definition) is 6. The molecule has 0 aromatic carbocycles. The molecule has 0 radical (unpaired) electrons. The second-order valence-corrected chi connectivity index (χ2v) is 5.99. The highest BCUT2D eigenvalue weighted by atomic mass is 32.1. The standard InChI is InChI=1S/C18H13N5S/c1-2-8-20-14(4-1)15-11-19-12-18(22-15)23-17-7-6-13(10-21-17)16-5-3-9-24-16/h1-12H,(H,21,22,23). The fraction of sp³-hybridized carbons (Fsp3) is 0. The Hall–Kier alpha value is -3.12. The third-order valence-electron chi connectivity index (χ3n) is 3.39. The van der Waals surface area contributed by atoms with Gasteiger partial charge < -0.3 is 5.32 Å². The Morgan fingerprint density at radius 3 is 2.54 bits per heavy atom. The van der Waals surface area contributed by atoms with Crippen molar-refractivity contribution in [1.82, 2.24) is 19.9 Å². The van der Waals surface area contributed by atoms with Gasteiger partial charge in [-0.15, -0.1) is 11.3 Å². The van der Waals surface area contributed by atoms with Gasteiger partial charge in [-0.3, -0.25) is 9.97 Å². The molecular weight excluding hydrogens is 318 g/mol. The van der Waals surface area contributed by atoms with Crippen molar-refractivity contribution >= 4 is 23.0 Å². The van der Waals surface area contributed by atoms with E-state index in [0.717, 1.165) is 22.8 Å².